The van der Waals surface area contributed by atoms with E-state index in [9.17, 15) is 94.0 Å². The summed E-state index contributed by atoms with van der Waals surface area (Å²) in [6, 6.07) is 96.5. The summed E-state index contributed by atoms with van der Waals surface area (Å²) in [7, 11) is -17.8. The quantitative estimate of drug-likeness (QED) is 0.0110. The molecule has 11 rings (SSSR count). The summed E-state index contributed by atoms with van der Waals surface area (Å²) in [6.45, 7) is 7.01. The van der Waals surface area contributed by atoms with Crippen LogP contribution in [0.25, 0.3) is 0 Å². The zero-order valence-corrected chi connectivity index (χ0v) is 68.5. The van der Waals surface area contributed by atoms with Gasteiger partial charge in [-0.15, -0.1) is 0 Å². The highest BCUT2D eigenvalue weighted by Crippen LogP contribution is 2.50. The topological polar surface area (TPSA) is 329 Å². The van der Waals surface area contributed by atoms with Gasteiger partial charge in [0.15, 0.2) is 101 Å². The maximum absolute atomic E-state index is 13.0. The van der Waals surface area contributed by atoms with E-state index in [-0.39, 0.29) is 67.3 Å². The van der Waals surface area contributed by atoms with Gasteiger partial charge in [0.1, 0.15) is 12.7 Å². The lowest BCUT2D eigenvalue weighted by molar-refractivity contribution is -0.160. The second-order valence-electron chi connectivity index (χ2n) is 25.5. The SMILES string of the molecule is C=C(C)C(=O)OC1CC2CC1CC2C(=O)OCC(F)(F)S(=O)(=O)[O-].C=C(C)C(=O)OCC(=O)OCC(F)(F)S(=O)(=O)[O-].C=C(C)C(=O)OCCC(=O)OCC(F)(F)S(=O)(=O)[O-].c1ccc([S+](c2ccccc2)c2ccccc2)cc1.c1ccc([S+](c2ccccc2)c2ccccc2)cc1.c1ccc([S+](c2ccccc2)c2ccccc2)cc1. The molecule has 21 nitrogen and oxygen atoms in total. The molecule has 2 aliphatic rings. The molecule has 0 saturated heterocycles. The Labute approximate surface area is 689 Å². The van der Waals surface area contributed by atoms with E-state index < -0.39 is 127 Å². The van der Waals surface area contributed by atoms with Crippen molar-refractivity contribution >= 4 is 98.9 Å². The van der Waals surface area contributed by atoms with Gasteiger partial charge in [-0.1, -0.05) is 184 Å². The van der Waals surface area contributed by atoms with Gasteiger partial charge in [0.05, 0.1) is 45.0 Å². The van der Waals surface area contributed by atoms with Crippen molar-refractivity contribution in [1.29, 1.82) is 0 Å². The van der Waals surface area contributed by atoms with E-state index in [2.05, 4.69) is 316 Å². The van der Waals surface area contributed by atoms with Crippen LogP contribution in [0.15, 0.2) is 354 Å². The third-order valence-corrected chi connectivity index (χ3v) is 25.6. The normalized spacial score (nSPS) is 14.8. The fraction of sp³-hybridized carbons (Fsp3) is 0.224. The molecule has 2 aliphatic carbocycles. The van der Waals surface area contributed by atoms with Crippen molar-refractivity contribution in [3.63, 3.8) is 0 Å². The Hall–Kier alpha value is -10.6. The number of carbonyl (C=O) groups is 6. The Morgan fingerprint density at radius 1 is 0.347 bits per heavy atom. The standard InChI is InChI=1S/3C18H15S.C14H18F2O7S.C9H12F2O7S.C8H10F2O7S/c3*1-4-10-16(11-5-1)19(17-12-6-2-7-13-17)18-14-8-3-9-15-18;1-7(2)12(17)23-11-5-8-3-9(11)4-10(8)13(18)22-6-14(15,16)24(19,20)21;1-6(2)8(13)17-4-3-7(12)18-5-9(10,11)19(14,15)16;1-5(2)7(12)16-3-6(11)17-4-8(9,10)18(13,14)15/h3*1-15H;8-11H,1,3-6H2,2H3,(H,19,20,21);1,3-5H2,2H3,(H,14,15,16);1,3-4H2,2H3,(H,13,14,15)/q3*+1;;;/p-3. The van der Waals surface area contributed by atoms with E-state index in [1.54, 1.807) is 0 Å². The number of rotatable bonds is 28. The Morgan fingerprint density at radius 2 is 0.593 bits per heavy atom. The maximum atomic E-state index is 13.0. The first-order valence-corrected chi connectivity index (χ1v) is 43.3. The average Bonchev–Trinajstić information content (AvgIpc) is 1.62. The van der Waals surface area contributed by atoms with Crippen LogP contribution < -0.4 is 0 Å². The van der Waals surface area contributed by atoms with Crippen LogP contribution in [0.1, 0.15) is 46.5 Å². The van der Waals surface area contributed by atoms with E-state index >= 15 is 0 Å². The number of alkyl halides is 6. The van der Waals surface area contributed by atoms with Gasteiger partial charge in [0.25, 0.3) is 0 Å². The molecule has 2 saturated carbocycles. The largest absolute Gasteiger partial charge is 0.743 e. The number of fused-ring (bicyclic) bond motifs is 2. The van der Waals surface area contributed by atoms with Crippen LogP contribution in [0.2, 0.25) is 0 Å². The third-order valence-electron chi connectivity index (χ3n) is 16.4. The molecule has 0 amide bonds. The van der Waals surface area contributed by atoms with Crippen molar-refractivity contribution < 1.29 is 122 Å². The maximum Gasteiger partial charge on any atom is 0.367 e. The molecular weight excluding hydrogens is 1660 g/mol. The van der Waals surface area contributed by atoms with Gasteiger partial charge in [-0.25, -0.2) is 44.4 Å². The summed E-state index contributed by atoms with van der Waals surface area (Å²) in [5.41, 5.74) is 0.308. The second kappa shape index (κ2) is 45.9. The fourth-order valence-electron chi connectivity index (χ4n) is 10.6. The summed E-state index contributed by atoms with van der Waals surface area (Å²) >= 11 is 0. The number of ether oxygens (including phenoxy) is 6. The molecule has 2 bridgehead atoms. The van der Waals surface area contributed by atoms with E-state index in [1.165, 1.54) is 64.8 Å². The predicted octanol–water partition coefficient (Wildman–Crippen LogP) is 15.5. The fourth-order valence-corrected chi connectivity index (χ4v) is 17.6. The highest BCUT2D eigenvalue weighted by Gasteiger charge is 2.52. The lowest BCUT2D eigenvalue weighted by Crippen LogP contribution is -2.37. The second-order valence-corrected chi connectivity index (χ2v) is 36.1. The smallest absolute Gasteiger partial charge is 0.367 e. The van der Waals surface area contributed by atoms with E-state index in [0.29, 0.717) is 19.3 Å². The van der Waals surface area contributed by atoms with E-state index in [0.717, 1.165) is 0 Å². The molecule has 0 spiro atoms. The molecule has 0 heterocycles. The molecular formula is C85H82F6O21S6. The molecule has 9 aromatic rings. The van der Waals surface area contributed by atoms with Crippen molar-refractivity contribution in [2.45, 2.75) is 112 Å². The zero-order valence-electron chi connectivity index (χ0n) is 63.6. The molecule has 0 aromatic heterocycles. The van der Waals surface area contributed by atoms with Gasteiger partial charge in [0, 0.05) is 16.7 Å². The number of carbonyl (C=O) groups excluding carboxylic acids is 6. The summed E-state index contributed by atoms with van der Waals surface area (Å²) in [5, 5.41) is -14.1. The van der Waals surface area contributed by atoms with Crippen LogP contribution in [-0.4, -0.2) is 130 Å². The molecule has 9 aromatic carbocycles. The monoisotopic (exact) mass is 1740 g/mol. The van der Waals surface area contributed by atoms with Crippen LogP contribution in [0.4, 0.5) is 26.3 Å². The van der Waals surface area contributed by atoms with Crippen LogP contribution in [0.3, 0.4) is 0 Å². The molecule has 0 N–H and O–H groups in total. The molecule has 4 atom stereocenters. The molecule has 0 aliphatic heterocycles. The molecule has 118 heavy (non-hydrogen) atoms. The zero-order chi connectivity index (χ0) is 86.9. The van der Waals surface area contributed by atoms with Gasteiger partial charge in [-0.2, -0.15) is 26.3 Å². The summed E-state index contributed by atoms with van der Waals surface area (Å²) < 4.78 is 194. The number of hydrogen-bond donors (Lipinski definition) is 0. The number of benzene rings is 9. The average molecular weight is 1750 g/mol. The molecule has 2 fully saturated rings. The third kappa shape index (κ3) is 30.7. The first-order chi connectivity index (χ1) is 55.7. The first-order valence-electron chi connectivity index (χ1n) is 35.4. The van der Waals surface area contributed by atoms with E-state index in [1.807, 2.05) is 0 Å². The summed E-state index contributed by atoms with van der Waals surface area (Å²) in [5.74, 6) is -6.81. The van der Waals surface area contributed by atoms with Gasteiger partial charge in [0.2, 0.25) is 0 Å². The molecule has 4 unspecified atom stereocenters. The Morgan fingerprint density at radius 3 is 0.831 bits per heavy atom. The van der Waals surface area contributed by atoms with Crippen LogP contribution in [-0.2, 0) is 120 Å². The van der Waals surface area contributed by atoms with Crippen molar-refractivity contribution in [1.82, 2.24) is 0 Å². The van der Waals surface area contributed by atoms with Gasteiger partial charge in [-0.05, 0) is 161 Å². The highest BCUT2D eigenvalue weighted by atomic mass is 32.2. The molecule has 0 radical (unpaired) electrons. The molecule has 626 valence electrons. The van der Waals surface area contributed by atoms with Crippen molar-refractivity contribution in [3.05, 3.63) is 309 Å². The number of esters is 6. The minimum Gasteiger partial charge on any atom is -0.743 e. The van der Waals surface area contributed by atoms with Crippen LogP contribution in [0.5, 0.6) is 0 Å². The number of hydrogen-bond acceptors (Lipinski definition) is 21. The lowest BCUT2D eigenvalue weighted by Gasteiger charge is -2.27. The Bertz CT molecular complexity index is 4560. The first kappa shape index (κ1) is 96.2. The van der Waals surface area contributed by atoms with Gasteiger partial charge < -0.3 is 42.1 Å². The van der Waals surface area contributed by atoms with Crippen LogP contribution in [0, 0.1) is 17.8 Å². The van der Waals surface area contributed by atoms with Crippen LogP contribution >= 0.6 is 0 Å². The summed E-state index contributed by atoms with van der Waals surface area (Å²) in [6.07, 6.45) is 0.372. The van der Waals surface area contributed by atoms with Gasteiger partial charge in [-0.3, -0.25) is 9.59 Å². The predicted molar refractivity (Wildman–Crippen MR) is 426 cm³/mol. The minimum atomic E-state index is -5.93. The van der Waals surface area contributed by atoms with Crippen molar-refractivity contribution in [2.24, 2.45) is 17.8 Å². The molecule has 33 heteroatoms. The van der Waals surface area contributed by atoms with E-state index in [4.69, 9.17) is 4.74 Å². The Kier molecular flexibility index (Phi) is 37.5. The minimum absolute atomic E-state index is 0.0146. The lowest BCUT2D eigenvalue weighted by atomic mass is 9.87. The Balaban J connectivity index is 0.000000220. The van der Waals surface area contributed by atoms with Crippen molar-refractivity contribution in [3.8, 4) is 0 Å². The highest BCUT2D eigenvalue weighted by molar-refractivity contribution is 7.97. The van der Waals surface area contributed by atoms with Crippen molar-refractivity contribution in [2.75, 3.05) is 33.0 Å². The van der Waals surface area contributed by atoms with Gasteiger partial charge >= 0.3 is 51.6 Å². The summed E-state index contributed by atoms with van der Waals surface area (Å²) in [4.78, 5) is 79.0. The number of halogens is 6.